The van der Waals surface area contributed by atoms with Gasteiger partial charge in [0.1, 0.15) is 5.82 Å². The largest absolute Gasteiger partial charge is 0.416 e. The average molecular weight is 461 g/mol. The van der Waals surface area contributed by atoms with Crippen LogP contribution in [0, 0.1) is 6.92 Å². The van der Waals surface area contributed by atoms with E-state index in [0.29, 0.717) is 17.1 Å². The molecular weight excluding hydrogens is 448 g/mol. The third-order valence-electron chi connectivity index (χ3n) is 4.06. The Balaban J connectivity index is 2.02. The van der Waals surface area contributed by atoms with Gasteiger partial charge in [0, 0.05) is 17.4 Å². The minimum atomic E-state index is -5.17. The second-order valence-electron chi connectivity index (χ2n) is 6.42. The van der Waals surface area contributed by atoms with E-state index in [1.54, 1.807) is 19.1 Å². The Kier molecular flexibility index (Phi) is 5.70. The maximum atomic E-state index is 13.0. The van der Waals surface area contributed by atoms with E-state index in [4.69, 9.17) is 0 Å². The lowest BCUT2D eigenvalue weighted by molar-refractivity contribution is -0.143. The number of anilines is 1. The average Bonchev–Trinajstić information content (AvgIpc) is 2.66. The van der Waals surface area contributed by atoms with Gasteiger partial charge < -0.3 is 0 Å². The number of rotatable bonds is 4. The molecule has 12 heteroatoms. The van der Waals surface area contributed by atoms with Gasteiger partial charge in [-0.25, -0.2) is 18.4 Å². The third-order valence-corrected chi connectivity index (χ3v) is 5.42. The van der Waals surface area contributed by atoms with Crippen LogP contribution in [0.4, 0.5) is 32.0 Å². The summed E-state index contributed by atoms with van der Waals surface area (Å²) in [6, 6.07) is 7.42. The van der Waals surface area contributed by atoms with Crippen molar-refractivity contribution in [1.82, 2.24) is 9.97 Å². The summed E-state index contributed by atoms with van der Waals surface area (Å²) in [5.74, 6) is 0.451. The summed E-state index contributed by atoms with van der Waals surface area (Å²) in [6.45, 7) is 1.64. The lowest BCUT2D eigenvalue weighted by Gasteiger charge is -2.15. The van der Waals surface area contributed by atoms with Crippen molar-refractivity contribution in [1.29, 1.82) is 0 Å². The number of aryl methyl sites for hydroxylation is 1. The molecule has 0 aliphatic heterocycles. The lowest BCUT2D eigenvalue weighted by Crippen LogP contribution is -2.17. The van der Waals surface area contributed by atoms with E-state index in [1.807, 2.05) is 4.72 Å². The van der Waals surface area contributed by atoms with E-state index in [-0.39, 0.29) is 23.9 Å². The molecule has 31 heavy (non-hydrogen) atoms. The number of benzene rings is 2. The molecule has 3 rings (SSSR count). The van der Waals surface area contributed by atoms with E-state index in [1.165, 1.54) is 24.4 Å². The van der Waals surface area contributed by atoms with Crippen LogP contribution in [0.1, 0.15) is 17.0 Å². The summed E-state index contributed by atoms with van der Waals surface area (Å²) in [6.07, 6.45) is -8.86. The highest BCUT2D eigenvalue weighted by molar-refractivity contribution is 7.92. The summed E-state index contributed by atoms with van der Waals surface area (Å²) in [4.78, 5) is 6.95. The second kappa shape index (κ2) is 7.84. The standard InChI is InChI=1S/C19H13F6N3O2S/c1-11-26-6-5-17(27-11)12-3-2-4-15(7-12)28-31(29,30)16-9-13(18(20,21)22)8-14(10-16)19(23,24)25/h2-10,28H,1H3. The number of aromatic nitrogens is 2. The minimum absolute atomic E-state index is 0.0697. The molecule has 0 saturated heterocycles. The molecule has 1 N–H and O–H groups in total. The fourth-order valence-electron chi connectivity index (χ4n) is 2.65. The number of hydrogen-bond acceptors (Lipinski definition) is 4. The smallest absolute Gasteiger partial charge is 0.280 e. The lowest BCUT2D eigenvalue weighted by atomic mass is 10.1. The summed E-state index contributed by atoms with van der Waals surface area (Å²) in [5, 5.41) is 0. The van der Waals surface area contributed by atoms with Gasteiger partial charge in [0.25, 0.3) is 10.0 Å². The Hall–Kier alpha value is -3.15. The van der Waals surface area contributed by atoms with Crippen molar-refractivity contribution in [2.24, 2.45) is 0 Å². The fraction of sp³-hybridized carbons (Fsp3) is 0.158. The molecule has 0 aliphatic carbocycles. The number of halogens is 6. The molecular formula is C19H13F6N3O2S. The normalized spacial score (nSPS) is 12.6. The summed E-state index contributed by atoms with van der Waals surface area (Å²) in [7, 11) is -4.77. The predicted octanol–water partition coefficient (Wildman–Crippen LogP) is 5.29. The van der Waals surface area contributed by atoms with Crippen LogP contribution < -0.4 is 4.72 Å². The molecule has 0 radical (unpaired) electrons. The first-order valence-corrected chi connectivity index (χ1v) is 9.96. The maximum absolute atomic E-state index is 13.0. The van der Waals surface area contributed by atoms with Gasteiger partial charge in [-0.2, -0.15) is 26.3 Å². The molecule has 3 aromatic rings. The first-order chi connectivity index (χ1) is 14.3. The van der Waals surface area contributed by atoms with Crippen LogP contribution in [0.2, 0.25) is 0 Å². The SMILES string of the molecule is Cc1nccc(-c2cccc(NS(=O)(=O)c3cc(C(F)(F)F)cc(C(F)(F)F)c3)c2)n1. The molecule has 0 fully saturated rings. The van der Waals surface area contributed by atoms with E-state index >= 15 is 0 Å². The highest BCUT2D eigenvalue weighted by Gasteiger charge is 2.38. The molecule has 0 spiro atoms. The van der Waals surface area contributed by atoms with Gasteiger partial charge in [-0.3, -0.25) is 4.72 Å². The van der Waals surface area contributed by atoms with Crippen molar-refractivity contribution >= 4 is 15.7 Å². The summed E-state index contributed by atoms with van der Waals surface area (Å²) < 4.78 is 105. The monoisotopic (exact) mass is 461 g/mol. The van der Waals surface area contributed by atoms with Crippen LogP contribution in [0.25, 0.3) is 11.3 Å². The summed E-state index contributed by atoms with van der Waals surface area (Å²) in [5.41, 5.74) is -2.61. The van der Waals surface area contributed by atoms with Gasteiger partial charge in [0.15, 0.2) is 0 Å². The Morgan fingerprint density at radius 2 is 1.48 bits per heavy atom. The molecule has 0 aliphatic rings. The van der Waals surface area contributed by atoms with Crippen molar-refractivity contribution in [3.63, 3.8) is 0 Å². The highest BCUT2D eigenvalue weighted by atomic mass is 32.2. The third kappa shape index (κ3) is 5.32. The molecule has 0 bridgehead atoms. The minimum Gasteiger partial charge on any atom is -0.280 e. The second-order valence-corrected chi connectivity index (χ2v) is 8.10. The summed E-state index contributed by atoms with van der Waals surface area (Å²) >= 11 is 0. The Morgan fingerprint density at radius 3 is 2.03 bits per heavy atom. The van der Waals surface area contributed by atoms with Crippen molar-refractivity contribution in [2.75, 3.05) is 4.72 Å². The number of sulfonamides is 1. The quantitative estimate of drug-likeness (QED) is 0.536. The molecule has 5 nitrogen and oxygen atoms in total. The number of nitrogens with one attached hydrogen (secondary N) is 1. The van der Waals surface area contributed by atoms with Crippen molar-refractivity contribution in [2.45, 2.75) is 24.2 Å². The van der Waals surface area contributed by atoms with Crippen LogP contribution >= 0.6 is 0 Å². The van der Waals surface area contributed by atoms with E-state index in [9.17, 15) is 34.8 Å². The Bertz CT molecular complexity index is 1190. The molecule has 1 aromatic heterocycles. The van der Waals surface area contributed by atoms with Crippen molar-refractivity contribution < 1.29 is 34.8 Å². The zero-order valence-corrected chi connectivity index (χ0v) is 16.4. The van der Waals surface area contributed by atoms with Crippen LogP contribution in [0.15, 0.2) is 59.6 Å². The predicted molar refractivity (Wildman–Crippen MR) is 99.5 cm³/mol. The van der Waals surface area contributed by atoms with E-state index in [0.717, 1.165) is 0 Å². The Labute approximate surface area is 172 Å². The van der Waals surface area contributed by atoms with Gasteiger partial charge in [-0.05, 0) is 43.3 Å². The molecule has 0 unspecified atom stereocenters. The van der Waals surface area contributed by atoms with Gasteiger partial charge in [-0.1, -0.05) is 12.1 Å². The van der Waals surface area contributed by atoms with Gasteiger partial charge in [0.05, 0.1) is 21.7 Å². The zero-order valence-electron chi connectivity index (χ0n) is 15.6. The molecule has 2 aromatic carbocycles. The molecule has 164 valence electrons. The van der Waals surface area contributed by atoms with Gasteiger partial charge >= 0.3 is 12.4 Å². The van der Waals surface area contributed by atoms with Crippen LogP contribution in [-0.2, 0) is 22.4 Å². The molecule has 0 atom stereocenters. The molecule has 1 heterocycles. The van der Waals surface area contributed by atoms with Crippen molar-refractivity contribution in [3.8, 4) is 11.3 Å². The molecule has 0 saturated carbocycles. The van der Waals surface area contributed by atoms with Gasteiger partial charge in [0.2, 0.25) is 0 Å². The number of hydrogen-bond donors (Lipinski definition) is 1. The number of alkyl halides is 6. The topological polar surface area (TPSA) is 72.0 Å². The highest BCUT2D eigenvalue weighted by Crippen LogP contribution is 2.37. The van der Waals surface area contributed by atoms with Crippen molar-refractivity contribution in [3.05, 3.63) is 71.7 Å². The van der Waals surface area contributed by atoms with Crippen LogP contribution in [0.3, 0.4) is 0 Å². The van der Waals surface area contributed by atoms with Gasteiger partial charge in [-0.15, -0.1) is 0 Å². The van der Waals surface area contributed by atoms with E-state index in [2.05, 4.69) is 9.97 Å². The number of nitrogens with zero attached hydrogens (tertiary/aromatic N) is 2. The van der Waals surface area contributed by atoms with Crippen LogP contribution in [0.5, 0.6) is 0 Å². The molecule has 0 amide bonds. The first-order valence-electron chi connectivity index (χ1n) is 8.48. The van der Waals surface area contributed by atoms with E-state index < -0.39 is 38.4 Å². The zero-order chi connectivity index (χ0) is 23.0. The van der Waals surface area contributed by atoms with Crippen LogP contribution in [-0.4, -0.2) is 18.4 Å². The maximum Gasteiger partial charge on any atom is 0.416 e. The first kappa shape index (κ1) is 22.5. The Morgan fingerprint density at radius 1 is 0.871 bits per heavy atom. The fourth-order valence-corrected chi connectivity index (χ4v) is 3.77.